The van der Waals surface area contributed by atoms with E-state index < -0.39 is 0 Å². The number of amides is 1. The Morgan fingerprint density at radius 2 is 2.32 bits per heavy atom. The minimum atomic E-state index is 0.0456. The van der Waals surface area contributed by atoms with Crippen LogP contribution in [0.2, 0.25) is 0 Å². The van der Waals surface area contributed by atoms with Crippen molar-refractivity contribution in [2.24, 2.45) is 0 Å². The predicted molar refractivity (Wildman–Crippen MR) is 85.4 cm³/mol. The Bertz CT molecular complexity index is 714. The maximum Gasteiger partial charge on any atom is 0.275 e. The second-order valence-corrected chi connectivity index (χ2v) is 6.58. The fraction of sp³-hybridized carbons (Fsp3) is 0.500. The summed E-state index contributed by atoms with van der Waals surface area (Å²) >= 11 is 1.56. The summed E-state index contributed by atoms with van der Waals surface area (Å²) in [7, 11) is 0. The molecule has 1 amide bonds. The Balaban J connectivity index is 1.73. The molecule has 2 atom stereocenters. The molecule has 5 nitrogen and oxygen atoms in total. The molecule has 1 aliphatic carbocycles. The Kier molecular flexibility index (Phi) is 3.58. The van der Waals surface area contributed by atoms with Crippen molar-refractivity contribution in [1.29, 1.82) is 0 Å². The second-order valence-electron chi connectivity index (χ2n) is 5.81. The predicted octanol–water partition coefficient (Wildman–Crippen LogP) is 2.45. The fourth-order valence-corrected chi connectivity index (χ4v) is 4.16. The van der Waals surface area contributed by atoms with E-state index in [2.05, 4.69) is 4.98 Å². The highest BCUT2D eigenvalue weighted by Gasteiger charge is 2.39. The molecule has 0 spiro atoms. The number of carbonyl (C=O) groups excluding carboxylic acids is 1. The Morgan fingerprint density at radius 1 is 1.41 bits per heavy atom. The summed E-state index contributed by atoms with van der Waals surface area (Å²) in [6.07, 6.45) is 7.40. The minimum Gasteiger partial charge on any atom is -0.374 e. The van der Waals surface area contributed by atoms with Crippen molar-refractivity contribution >= 4 is 23.2 Å². The lowest BCUT2D eigenvalue weighted by molar-refractivity contribution is -0.0446. The van der Waals surface area contributed by atoms with E-state index >= 15 is 0 Å². The number of fused-ring (bicyclic) bond motifs is 2. The Hall–Kier alpha value is -1.53. The molecule has 3 heterocycles. The smallest absolute Gasteiger partial charge is 0.275 e. The highest BCUT2D eigenvalue weighted by Crippen LogP contribution is 2.31. The first-order valence-electron chi connectivity index (χ1n) is 7.73. The van der Waals surface area contributed by atoms with Gasteiger partial charge in [-0.1, -0.05) is 17.8 Å². The van der Waals surface area contributed by atoms with Crippen molar-refractivity contribution in [3.8, 4) is 0 Å². The molecule has 2 fully saturated rings. The SMILES string of the molecule is CSc1nc(C(=O)N2CCO[C@@H]3CCC[C@H]32)c2ccccn12. The average Bonchev–Trinajstić information content (AvgIpc) is 3.18. The largest absolute Gasteiger partial charge is 0.374 e. The van der Waals surface area contributed by atoms with Crippen LogP contribution in [0, 0.1) is 0 Å². The van der Waals surface area contributed by atoms with Crippen LogP contribution in [0.5, 0.6) is 0 Å². The molecule has 1 saturated carbocycles. The molecule has 116 valence electrons. The summed E-state index contributed by atoms with van der Waals surface area (Å²) in [5, 5.41) is 0.857. The minimum absolute atomic E-state index is 0.0456. The lowest BCUT2D eigenvalue weighted by Crippen LogP contribution is -2.51. The summed E-state index contributed by atoms with van der Waals surface area (Å²) in [5.41, 5.74) is 1.45. The van der Waals surface area contributed by atoms with Gasteiger partial charge in [0.05, 0.1) is 24.3 Å². The number of carbonyl (C=O) groups is 1. The molecule has 2 aliphatic rings. The van der Waals surface area contributed by atoms with Crippen molar-refractivity contribution in [1.82, 2.24) is 14.3 Å². The first-order chi connectivity index (χ1) is 10.8. The van der Waals surface area contributed by atoms with Crippen molar-refractivity contribution in [3.05, 3.63) is 30.1 Å². The molecule has 0 aromatic carbocycles. The van der Waals surface area contributed by atoms with Crippen LogP contribution in [0.25, 0.3) is 5.52 Å². The molecule has 2 aromatic rings. The van der Waals surface area contributed by atoms with Gasteiger partial charge in [-0.25, -0.2) is 4.98 Å². The maximum atomic E-state index is 13.1. The molecule has 1 saturated heterocycles. The number of aromatic nitrogens is 2. The molecular weight excluding hydrogens is 298 g/mol. The van der Waals surface area contributed by atoms with Crippen LogP contribution in [-0.2, 0) is 4.74 Å². The van der Waals surface area contributed by atoms with E-state index in [4.69, 9.17) is 4.74 Å². The summed E-state index contributed by atoms with van der Waals surface area (Å²) in [4.78, 5) is 19.6. The molecule has 6 heteroatoms. The first kappa shape index (κ1) is 14.1. The van der Waals surface area contributed by atoms with Gasteiger partial charge in [0.2, 0.25) is 0 Å². The summed E-state index contributed by atoms with van der Waals surface area (Å²) in [6.45, 7) is 1.30. The van der Waals surface area contributed by atoms with Crippen LogP contribution < -0.4 is 0 Å². The quantitative estimate of drug-likeness (QED) is 0.798. The van der Waals surface area contributed by atoms with Gasteiger partial charge in [0, 0.05) is 12.7 Å². The molecule has 22 heavy (non-hydrogen) atoms. The third-order valence-corrected chi connectivity index (χ3v) is 5.30. The van der Waals surface area contributed by atoms with E-state index in [1.807, 2.05) is 40.0 Å². The third kappa shape index (κ3) is 2.13. The highest BCUT2D eigenvalue weighted by molar-refractivity contribution is 7.98. The molecule has 0 unspecified atom stereocenters. The molecule has 0 N–H and O–H groups in total. The zero-order chi connectivity index (χ0) is 15.1. The number of hydrogen-bond donors (Lipinski definition) is 0. The van der Waals surface area contributed by atoms with Crippen LogP contribution in [-0.4, -0.2) is 51.7 Å². The van der Waals surface area contributed by atoms with Crippen LogP contribution in [0.1, 0.15) is 29.8 Å². The molecule has 0 radical (unpaired) electrons. The van der Waals surface area contributed by atoms with Crippen molar-refractivity contribution in [3.63, 3.8) is 0 Å². The van der Waals surface area contributed by atoms with Crippen LogP contribution in [0.15, 0.2) is 29.6 Å². The van der Waals surface area contributed by atoms with Gasteiger partial charge in [-0.05, 0) is 37.7 Å². The number of ether oxygens (including phenoxy) is 1. The molecule has 1 aliphatic heterocycles. The number of nitrogens with zero attached hydrogens (tertiary/aromatic N) is 3. The standard InChI is InChI=1S/C16H19N3O2S/c1-22-16-17-14(12-5-2-3-8-19(12)16)15(20)18-9-10-21-13-7-4-6-11(13)18/h2-3,5,8,11,13H,4,6-7,9-10H2,1H3/t11-,13-/m1/s1. The molecule has 2 aromatic heterocycles. The van der Waals surface area contributed by atoms with Gasteiger partial charge in [0.15, 0.2) is 10.9 Å². The Morgan fingerprint density at radius 3 is 3.18 bits per heavy atom. The van der Waals surface area contributed by atoms with E-state index in [0.717, 1.165) is 29.9 Å². The van der Waals surface area contributed by atoms with Gasteiger partial charge in [0.1, 0.15) is 0 Å². The summed E-state index contributed by atoms with van der Waals surface area (Å²) < 4.78 is 7.80. The van der Waals surface area contributed by atoms with E-state index in [-0.39, 0.29) is 18.1 Å². The van der Waals surface area contributed by atoms with E-state index in [1.54, 1.807) is 11.8 Å². The summed E-state index contributed by atoms with van der Waals surface area (Å²) in [5.74, 6) is 0.0456. The second kappa shape index (κ2) is 5.59. The van der Waals surface area contributed by atoms with Gasteiger partial charge >= 0.3 is 0 Å². The number of rotatable bonds is 2. The zero-order valence-electron chi connectivity index (χ0n) is 12.6. The lowest BCUT2D eigenvalue weighted by atomic mass is 10.1. The number of thioether (sulfide) groups is 1. The average molecular weight is 317 g/mol. The van der Waals surface area contributed by atoms with Crippen LogP contribution in [0.4, 0.5) is 0 Å². The van der Waals surface area contributed by atoms with Gasteiger partial charge in [-0.2, -0.15) is 0 Å². The molecule has 0 bridgehead atoms. The van der Waals surface area contributed by atoms with Gasteiger partial charge in [0.25, 0.3) is 5.91 Å². The van der Waals surface area contributed by atoms with Crippen LogP contribution >= 0.6 is 11.8 Å². The Labute approximate surface area is 133 Å². The van der Waals surface area contributed by atoms with E-state index in [1.165, 1.54) is 0 Å². The number of hydrogen-bond acceptors (Lipinski definition) is 4. The number of pyridine rings is 1. The fourth-order valence-electron chi connectivity index (χ4n) is 3.62. The van der Waals surface area contributed by atoms with E-state index in [9.17, 15) is 4.79 Å². The number of imidazole rings is 1. The lowest BCUT2D eigenvalue weighted by Gasteiger charge is -2.37. The van der Waals surface area contributed by atoms with Crippen molar-refractivity contribution in [2.45, 2.75) is 36.6 Å². The molecular formula is C16H19N3O2S. The topological polar surface area (TPSA) is 46.8 Å². The summed E-state index contributed by atoms with van der Waals surface area (Å²) in [6, 6.07) is 6.10. The van der Waals surface area contributed by atoms with Gasteiger partial charge in [-0.3, -0.25) is 9.20 Å². The third-order valence-electron chi connectivity index (χ3n) is 4.64. The monoisotopic (exact) mass is 317 g/mol. The van der Waals surface area contributed by atoms with Crippen molar-refractivity contribution < 1.29 is 9.53 Å². The van der Waals surface area contributed by atoms with Gasteiger partial charge in [-0.15, -0.1) is 0 Å². The maximum absolute atomic E-state index is 13.1. The first-order valence-corrected chi connectivity index (χ1v) is 8.95. The van der Waals surface area contributed by atoms with Crippen molar-refractivity contribution in [2.75, 3.05) is 19.4 Å². The van der Waals surface area contributed by atoms with Crippen LogP contribution in [0.3, 0.4) is 0 Å². The molecule has 4 rings (SSSR count). The normalized spacial score (nSPS) is 24.7. The van der Waals surface area contributed by atoms with E-state index in [0.29, 0.717) is 18.8 Å². The highest BCUT2D eigenvalue weighted by atomic mass is 32.2. The number of morpholine rings is 1. The van der Waals surface area contributed by atoms with Gasteiger partial charge < -0.3 is 9.64 Å². The zero-order valence-corrected chi connectivity index (χ0v) is 13.4.